The van der Waals surface area contributed by atoms with Crippen molar-refractivity contribution in [2.45, 2.75) is 51.4 Å². The Morgan fingerprint density at radius 2 is 1.36 bits per heavy atom. The largest absolute Gasteiger partial charge is 0.370 e. The number of guanidine groups is 1. The van der Waals surface area contributed by atoms with Gasteiger partial charge in [-0.25, -0.2) is 0 Å². The Bertz CT molecular complexity index is 679. The highest BCUT2D eigenvalue weighted by Crippen LogP contribution is 2.10. The molecule has 0 fully saturated rings. The number of carbonyl (C=O) groups is 2. The SMILES string of the molecule is NCCCNCCCCNC(=O)C(Cc1ccccc1)C(=O)NCCCCCCN=C(N)N. The number of unbranched alkanes of at least 4 members (excludes halogenated alkanes) is 4. The van der Waals surface area contributed by atoms with Crippen LogP contribution in [0.2, 0.25) is 0 Å². The van der Waals surface area contributed by atoms with E-state index in [1.54, 1.807) is 0 Å². The fourth-order valence-corrected chi connectivity index (χ4v) is 3.35. The van der Waals surface area contributed by atoms with Gasteiger partial charge in [0.2, 0.25) is 11.8 Å². The van der Waals surface area contributed by atoms with Crippen molar-refractivity contribution in [1.29, 1.82) is 0 Å². The molecule has 0 heterocycles. The highest BCUT2D eigenvalue weighted by Gasteiger charge is 2.26. The van der Waals surface area contributed by atoms with Crippen molar-refractivity contribution in [3.05, 3.63) is 35.9 Å². The van der Waals surface area contributed by atoms with Gasteiger partial charge >= 0.3 is 0 Å². The normalized spacial score (nSPS) is 11.5. The monoisotopic (exact) mass is 461 g/mol. The third kappa shape index (κ3) is 14.9. The van der Waals surface area contributed by atoms with Gasteiger partial charge in [0, 0.05) is 19.6 Å². The maximum atomic E-state index is 12.8. The molecule has 0 bridgehead atoms. The summed E-state index contributed by atoms with van der Waals surface area (Å²) in [6.45, 7) is 4.24. The fourth-order valence-electron chi connectivity index (χ4n) is 3.35. The molecule has 9 N–H and O–H groups in total. The van der Waals surface area contributed by atoms with Crippen LogP contribution >= 0.6 is 0 Å². The van der Waals surface area contributed by atoms with Crippen molar-refractivity contribution in [3.63, 3.8) is 0 Å². The van der Waals surface area contributed by atoms with Crippen LogP contribution in [0.15, 0.2) is 35.3 Å². The summed E-state index contributed by atoms with van der Waals surface area (Å²) >= 11 is 0. The lowest BCUT2D eigenvalue weighted by Crippen LogP contribution is -2.43. The highest BCUT2D eigenvalue weighted by atomic mass is 16.2. The van der Waals surface area contributed by atoms with Crippen molar-refractivity contribution in [3.8, 4) is 0 Å². The van der Waals surface area contributed by atoms with E-state index >= 15 is 0 Å². The summed E-state index contributed by atoms with van der Waals surface area (Å²) in [7, 11) is 0. The molecule has 1 aromatic carbocycles. The Labute approximate surface area is 198 Å². The van der Waals surface area contributed by atoms with E-state index in [2.05, 4.69) is 20.9 Å². The first-order valence-corrected chi connectivity index (χ1v) is 12.1. The lowest BCUT2D eigenvalue weighted by molar-refractivity contribution is -0.135. The second kappa shape index (κ2) is 18.9. The second-order valence-electron chi connectivity index (χ2n) is 8.14. The van der Waals surface area contributed by atoms with Crippen LogP contribution < -0.4 is 33.2 Å². The maximum absolute atomic E-state index is 12.8. The molecule has 0 aromatic heterocycles. The molecule has 2 amide bonds. The van der Waals surface area contributed by atoms with Crippen molar-refractivity contribution >= 4 is 17.8 Å². The number of hydrogen-bond donors (Lipinski definition) is 6. The number of aliphatic imine (C=N–C) groups is 1. The summed E-state index contributed by atoms with van der Waals surface area (Å²) in [5, 5.41) is 9.20. The predicted molar refractivity (Wildman–Crippen MR) is 135 cm³/mol. The summed E-state index contributed by atoms with van der Waals surface area (Å²) in [5.41, 5.74) is 17.1. The number of benzene rings is 1. The van der Waals surface area contributed by atoms with Crippen LogP contribution in [-0.2, 0) is 16.0 Å². The number of amides is 2. The van der Waals surface area contributed by atoms with E-state index in [0.717, 1.165) is 63.6 Å². The quantitative estimate of drug-likeness (QED) is 0.0766. The van der Waals surface area contributed by atoms with Crippen LogP contribution in [0.25, 0.3) is 0 Å². The van der Waals surface area contributed by atoms with Gasteiger partial charge in [0.25, 0.3) is 0 Å². The molecule has 0 aliphatic heterocycles. The first-order valence-electron chi connectivity index (χ1n) is 12.1. The molecule has 0 radical (unpaired) electrons. The molecule has 1 aromatic rings. The van der Waals surface area contributed by atoms with Crippen molar-refractivity contribution in [1.82, 2.24) is 16.0 Å². The Kier molecular flexibility index (Phi) is 16.2. The minimum absolute atomic E-state index is 0.115. The summed E-state index contributed by atoms with van der Waals surface area (Å²) in [6.07, 6.45) is 6.89. The van der Waals surface area contributed by atoms with Gasteiger partial charge in [-0.05, 0) is 63.7 Å². The molecular formula is C24H43N7O2. The van der Waals surface area contributed by atoms with Crippen LogP contribution in [0.1, 0.15) is 50.5 Å². The van der Waals surface area contributed by atoms with Crippen LogP contribution in [0.5, 0.6) is 0 Å². The molecule has 1 rings (SSSR count). The van der Waals surface area contributed by atoms with Gasteiger partial charge in [-0.3, -0.25) is 14.6 Å². The first-order chi connectivity index (χ1) is 16.0. The number of carbonyl (C=O) groups excluding carboxylic acids is 2. The maximum Gasteiger partial charge on any atom is 0.232 e. The minimum Gasteiger partial charge on any atom is -0.370 e. The van der Waals surface area contributed by atoms with E-state index in [9.17, 15) is 9.59 Å². The van der Waals surface area contributed by atoms with Crippen molar-refractivity contribution in [2.75, 3.05) is 39.3 Å². The van der Waals surface area contributed by atoms with Crippen LogP contribution in [0, 0.1) is 5.92 Å². The molecule has 186 valence electrons. The molecule has 9 nitrogen and oxygen atoms in total. The van der Waals surface area contributed by atoms with Crippen LogP contribution in [0.3, 0.4) is 0 Å². The minimum atomic E-state index is -0.739. The van der Waals surface area contributed by atoms with E-state index in [1.165, 1.54) is 0 Å². The second-order valence-corrected chi connectivity index (χ2v) is 8.14. The van der Waals surface area contributed by atoms with Crippen molar-refractivity contribution < 1.29 is 9.59 Å². The molecule has 1 atom stereocenters. The van der Waals surface area contributed by atoms with Crippen molar-refractivity contribution in [2.24, 2.45) is 28.1 Å². The third-order valence-electron chi connectivity index (χ3n) is 5.23. The Morgan fingerprint density at radius 1 is 0.788 bits per heavy atom. The van der Waals surface area contributed by atoms with Gasteiger partial charge in [-0.15, -0.1) is 0 Å². The summed E-state index contributed by atoms with van der Waals surface area (Å²) in [6, 6.07) is 9.64. The zero-order chi connectivity index (χ0) is 24.2. The van der Waals surface area contributed by atoms with Gasteiger partial charge in [0.15, 0.2) is 5.96 Å². The molecule has 0 saturated heterocycles. The van der Waals surface area contributed by atoms with E-state index in [-0.39, 0.29) is 17.8 Å². The van der Waals surface area contributed by atoms with E-state index < -0.39 is 5.92 Å². The molecular weight excluding hydrogens is 418 g/mol. The topological polar surface area (TPSA) is 161 Å². The average molecular weight is 462 g/mol. The summed E-state index contributed by atoms with van der Waals surface area (Å²) < 4.78 is 0. The number of rotatable bonds is 19. The molecule has 0 spiro atoms. The van der Waals surface area contributed by atoms with E-state index in [1.807, 2.05) is 30.3 Å². The Hall–Kier alpha value is -2.65. The van der Waals surface area contributed by atoms with Gasteiger partial charge in [0.05, 0.1) is 0 Å². The number of hydrogen-bond acceptors (Lipinski definition) is 5. The molecule has 1 unspecified atom stereocenters. The third-order valence-corrected chi connectivity index (χ3v) is 5.23. The predicted octanol–water partition coefficient (Wildman–Crippen LogP) is 0.630. The van der Waals surface area contributed by atoms with Crippen LogP contribution in [-0.4, -0.2) is 57.0 Å². The standard InChI is InChI=1S/C24H43N7O2/c25-13-10-15-28-14-8-9-17-30-23(33)21(19-20-11-4-3-5-12-20)22(32)29-16-6-1-2-7-18-31-24(26)27/h3-5,11-12,21,28H,1-2,6-10,13-19,25H2,(H,29,32)(H,30,33)(H4,26,27,31). The molecule has 33 heavy (non-hydrogen) atoms. The zero-order valence-electron chi connectivity index (χ0n) is 19.9. The van der Waals surface area contributed by atoms with E-state index in [4.69, 9.17) is 17.2 Å². The van der Waals surface area contributed by atoms with Crippen LogP contribution in [0.4, 0.5) is 0 Å². The molecule has 0 aliphatic rings. The summed E-state index contributed by atoms with van der Waals surface area (Å²) in [4.78, 5) is 29.5. The Morgan fingerprint density at radius 3 is 2.00 bits per heavy atom. The summed E-state index contributed by atoms with van der Waals surface area (Å²) in [5.74, 6) is -1.06. The average Bonchev–Trinajstić information content (AvgIpc) is 2.81. The smallest absolute Gasteiger partial charge is 0.232 e. The lowest BCUT2D eigenvalue weighted by Gasteiger charge is -2.17. The number of nitrogens with two attached hydrogens (primary N) is 3. The van der Waals surface area contributed by atoms with E-state index in [0.29, 0.717) is 32.6 Å². The molecule has 0 saturated carbocycles. The highest BCUT2D eigenvalue weighted by molar-refractivity contribution is 6.00. The molecule has 9 heteroatoms. The number of nitrogens with zero attached hydrogens (tertiary/aromatic N) is 1. The fraction of sp³-hybridized carbons (Fsp3) is 0.625. The first kappa shape index (κ1) is 28.4. The van der Waals surface area contributed by atoms with Gasteiger partial charge < -0.3 is 33.2 Å². The van der Waals surface area contributed by atoms with Gasteiger partial charge in [0.1, 0.15) is 5.92 Å². The van der Waals surface area contributed by atoms with Gasteiger partial charge in [-0.1, -0.05) is 43.2 Å². The number of nitrogens with one attached hydrogen (secondary N) is 3. The zero-order valence-corrected chi connectivity index (χ0v) is 19.9. The Balaban J connectivity index is 2.39. The van der Waals surface area contributed by atoms with Gasteiger partial charge in [-0.2, -0.15) is 0 Å². The lowest BCUT2D eigenvalue weighted by atomic mass is 9.97. The molecule has 0 aliphatic carbocycles.